The van der Waals surface area contributed by atoms with Gasteiger partial charge in [0.25, 0.3) is 6.71 Å². The number of aryl methyl sites for hydroxylation is 1. The molecule has 45 heavy (non-hydrogen) atoms. The molecule has 220 valence electrons. The second-order valence-electron chi connectivity index (χ2n) is 14.5. The molecule has 1 aromatic heterocycles. The lowest BCUT2D eigenvalue weighted by Crippen LogP contribution is -2.60. The van der Waals surface area contributed by atoms with Crippen LogP contribution in [0.15, 0.2) is 109 Å². The molecule has 0 saturated carbocycles. The molecule has 3 aliphatic rings. The standard InChI is InChI=1S/C41H37BN2S/c1-26-22-34-37-35(23-26)44(28-16-10-7-11-17-28)38-29-24-30-31(41(4,5)21-20-40(30,2)3)25-36(29)45-39(38)42(37)32-18-12-13-19-33(32)43(34)27-14-8-6-9-15-27/h6-19,22-25H,20-21H2,1-5H3. The molecule has 9 rings (SSSR count). The minimum atomic E-state index is 0.148. The minimum Gasteiger partial charge on any atom is -0.311 e. The molecule has 4 heteroatoms. The Bertz CT molecular complexity index is 2140. The SMILES string of the molecule is Cc1cc2c3c(c1)N(c1ccccc1)c1c(sc4cc5c(cc14)C(C)(C)CCC5(C)C)B3c1ccccc1N2c1ccccc1. The maximum absolute atomic E-state index is 2.59. The summed E-state index contributed by atoms with van der Waals surface area (Å²) in [5.41, 5.74) is 15.0. The molecule has 5 aromatic carbocycles. The van der Waals surface area contributed by atoms with Crippen LogP contribution in [0.2, 0.25) is 0 Å². The van der Waals surface area contributed by atoms with Gasteiger partial charge in [0.05, 0.1) is 5.69 Å². The first kappa shape index (κ1) is 27.1. The Morgan fingerprint density at radius 1 is 0.622 bits per heavy atom. The van der Waals surface area contributed by atoms with Crippen LogP contribution in [0.3, 0.4) is 0 Å². The van der Waals surface area contributed by atoms with Crippen molar-refractivity contribution in [2.24, 2.45) is 0 Å². The van der Waals surface area contributed by atoms with Crippen LogP contribution >= 0.6 is 11.3 Å². The largest absolute Gasteiger partial charge is 0.311 e. The summed E-state index contributed by atoms with van der Waals surface area (Å²) in [6.45, 7) is 12.2. The van der Waals surface area contributed by atoms with E-state index in [4.69, 9.17) is 0 Å². The Morgan fingerprint density at radius 2 is 1.18 bits per heavy atom. The average Bonchev–Trinajstić information content (AvgIpc) is 3.41. The Labute approximate surface area is 271 Å². The van der Waals surface area contributed by atoms with E-state index in [9.17, 15) is 0 Å². The van der Waals surface area contributed by atoms with Gasteiger partial charge in [-0.05, 0) is 113 Å². The number of fused-ring (bicyclic) bond motifs is 7. The minimum absolute atomic E-state index is 0.148. The lowest BCUT2D eigenvalue weighted by molar-refractivity contribution is 0.332. The molecule has 0 bridgehead atoms. The molecule has 3 heterocycles. The molecule has 0 fully saturated rings. The summed E-state index contributed by atoms with van der Waals surface area (Å²) in [4.78, 5) is 5.07. The van der Waals surface area contributed by atoms with Gasteiger partial charge in [-0.1, -0.05) is 82.3 Å². The van der Waals surface area contributed by atoms with E-state index >= 15 is 0 Å². The maximum Gasteiger partial charge on any atom is 0.264 e. The topological polar surface area (TPSA) is 6.48 Å². The molecular weight excluding hydrogens is 563 g/mol. The van der Waals surface area contributed by atoms with Crippen molar-refractivity contribution in [3.05, 3.63) is 126 Å². The van der Waals surface area contributed by atoms with Gasteiger partial charge in [0, 0.05) is 43.3 Å². The normalized spacial score (nSPS) is 17.0. The van der Waals surface area contributed by atoms with E-state index in [2.05, 4.69) is 154 Å². The fourth-order valence-corrected chi connectivity index (χ4v) is 9.67. The molecule has 0 unspecified atom stereocenters. The van der Waals surface area contributed by atoms with E-state index in [0.29, 0.717) is 0 Å². The van der Waals surface area contributed by atoms with Gasteiger partial charge in [0.1, 0.15) is 0 Å². The molecule has 6 aromatic rings. The van der Waals surface area contributed by atoms with Crippen LogP contribution in [-0.2, 0) is 10.8 Å². The molecule has 1 aliphatic carbocycles. The summed E-state index contributed by atoms with van der Waals surface area (Å²) in [6, 6.07) is 41.0. The number of nitrogens with zero attached hydrogens (tertiary/aromatic N) is 2. The van der Waals surface area contributed by atoms with Crippen LogP contribution in [0.1, 0.15) is 57.2 Å². The average molecular weight is 601 g/mol. The number of anilines is 6. The summed E-state index contributed by atoms with van der Waals surface area (Å²) in [6.07, 6.45) is 2.43. The van der Waals surface area contributed by atoms with Crippen molar-refractivity contribution >= 4 is 78.0 Å². The number of hydrogen-bond donors (Lipinski definition) is 0. The van der Waals surface area contributed by atoms with Crippen LogP contribution in [-0.4, -0.2) is 6.71 Å². The Kier molecular flexibility index (Phi) is 5.64. The van der Waals surface area contributed by atoms with Crippen molar-refractivity contribution in [2.75, 3.05) is 9.80 Å². The zero-order valence-corrected chi connectivity index (χ0v) is 27.5. The molecule has 0 radical (unpaired) electrons. The predicted octanol–water partition coefficient (Wildman–Crippen LogP) is 9.64. The van der Waals surface area contributed by atoms with E-state index in [1.807, 2.05) is 11.3 Å². The molecule has 2 aliphatic heterocycles. The molecule has 0 N–H and O–H groups in total. The highest BCUT2D eigenvalue weighted by Gasteiger charge is 2.46. The van der Waals surface area contributed by atoms with Gasteiger partial charge >= 0.3 is 0 Å². The zero-order valence-electron chi connectivity index (χ0n) is 26.7. The van der Waals surface area contributed by atoms with E-state index < -0.39 is 0 Å². The number of rotatable bonds is 2. The summed E-state index contributed by atoms with van der Waals surface area (Å²) >= 11 is 2.02. The first-order chi connectivity index (χ1) is 21.7. The Balaban J connectivity index is 1.42. The van der Waals surface area contributed by atoms with Gasteiger partial charge in [-0.2, -0.15) is 0 Å². The summed E-state index contributed by atoms with van der Waals surface area (Å²) in [7, 11) is 0. The van der Waals surface area contributed by atoms with Crippen molar-refractivity contribution in [1.29, 1.82) is 0 Å². The number of thiophene rings is 1. The quantitative estimate of drug-likeness (QED) is 0.182. The van der Waals surface area contributed by atoms with Crippen LogP contribution in [0.4, 0.5) is 34.1 Å². The number of hydrogen-bond acceptors (Lipinski definition) is 3. The summed E-state index contributed by atoms with van der Waals surface area (Å²) < 4.78 is 2.85. The fraction of sp³-hybridized carbons (Fsp3) is 0.220. The van der Waals surface area contributed by atoms with Crippen molar-refractivity contribution in [3.8, 4) is 0 Å². The number of benzene rings is 5. The Hall–Kier alpha value is -4.28. The monoisotopic (exact) mass is 600 g/mol. The third-order valence-corrected chi connectivity index (χ3v) is 11.9. The lowest BCUT2D eigenvalue weighted by Gasteiger charge is -2.43. The third kappa shape index (κ3) is 3.82. The van der Waals surface area contributed by atoms with Crippen molar-refractivity contribution < 1.29 is 0 Å². The first-order valence-electron chi connectivity index (χ1n) is 16.3. The molecule has 0 saturated heterocycles. The van der Waals surface area contributed by atoms with Gasteiger partial charge in [-0.25, -0.2) is 0 Å². The maximum atomic E-state index is 2.59. The molecule has 0 spiro atoms. The second kappa shape index (κ2) is 9.37. The van der Waals surface area contributed by atoms with Gasteiger partial charge in [0.2, 0.25) is 0 Å². The van der Waals surface area contributed by atoms with Gasteiger partial charge < -0.3 is 9.80 Å². The van der Waals surface area contributed by atoms with Crippen LogP contribution in [0.25, 0.3) is 10.1 Å². The van der Waals surface area contributed by atoms with Crippen molar-refractivity contribution in [3.63, 3.8) is 0 Å². The van der Waals surface area contributed by atoms with Crippen LogP contribution < -0.4 is 25.5 Å². The highest BCUT2D eigenvalue weighted by atomic mass is 32.1. The van der Waals surface area contributed by atoms with Crippen LogP contribution in [0, 0.1) is 6.92 Å². The van der Waals surface area contributed by atoms with E-state index in [1.165, 1.54) is 89.4 Å². The molecule has 0 amide bonds. The lowest BCUT2D eigenvalue weighted by atomic mass is 9.36. The summed E-state index contributed by atoms with van der Waals surface area (Å²) in [5, 5.41) is 1.39. The van der Waals surface area contributed by atoms with Crippen LogP contribution in [0.5, 0.6) is 0 Å². The number of para-hydroxylation sites is 3. The highest BCUT2D eigenvalue weighted by molar-refractivity contribution is 7.33. The van der Waals surface area contributed by atoms with Gasteiger partial charge in [-0.15, -0.1) is 11.3 Å². The molecule has 0 atom stereocenters. The Morgan fingerprint density at radius 3 is 1.84 bits per heavy atom. The first-order valence-corrected chi connectivity index (χ1v) is 17.1. The van der Waals surface area contributed by atoms with Crippen molar-refractivity contribution in [2.45, 2.75) is 58.3 Å². The van der Waals surface area contributed by atoms with E-state index in [0.717, 1.165) is 0 Å². The van der Waals surface area contributed by atoms with E-state index in [1.54, 1.807) is 0 Å². The summed E-state index contributed by atoms with van der Waals surface area (Å²) in [5.74, 6) is 0. The van der Waals surface area contributed by atoms with E-state index in [-0.39, 0.29) is 17.5 Å². The smallest absolute Gasteiger partial charge is 0.264 e. The second-order valence-corrected chi connectivity index (χ2v) is 15.6. The highest BCUT2D eigenvalue weighted by Crippen LogP contribution is 2.52. The molecule has 2 nitrogen and oxygen atoms in total. The van der Waals surface area contributed by atoms with Crippen molar-refractivity contribution in [1.82, 2.24) is 0 Å². The fourth-order valence-electron chi connectivity index (χ4n) is 8.33. The molecular formula is C41H37BN2S. The third-order valence-electron chi connectivity index (χ3n) is 10.7. The van der Waals surface area contributed by atoms with Gasteiger partial charge in [0.15, 0.2) is 0 Å². The predicted molar refractivity (Wildman–Crippen MR) is 196 cm³/mol. The van der Waals surface area contributed by atoms with Gasteiger partial charge in [-0.3, -0.25) is 0 Å². The zero-order chi connectivity index (χ0) is 30.7.